The molecule has 2 aromatic carbocycles. The Morgan fingerprint density at radius 1 is 0.971 bits per heavy atom. The fraction of sp³-hybridized carbons (Fsp3) is 0.393. The lowest BCUT2D eigenvalue weighted by atomic mass is 9.78. The van der Waals surface area contributed by atoms with E-state index in [2.05, 4.69) is 5.32 Å². The number of aryl methyl sites for hydroxylation is 2. The summed E-state index contributed by atoms with van der Waals surface area (Å²) in [4.78, 5) is 39.4. The van der Waals surface area contributed by atoms with Crippen molar-refractivity contribution in [3.8, 4) is 5.75 Å². The second-order valence-electron chi connectivity index (χ2n) is 11.1. The summed E-state index contributed by atoms with van der Waals surface area (Å²) in [5, 5.41) is 13.2. The smallest absolute Gasteiger partial charge is 0.294 e. The summed E-state index contributed by atoms with van der Waals surface area (Å²) < 4.78 is 0. The van der Waals surface area contributed by atoms with Crippen LogP contribution in [0.1, 0.15) is 69.4 Å². The molecule has 1 saturated heterocycles. The second kappa shape index (κ2) is 9.53. The van der Waals surface area contributed by atoms with Gasteiger partial charge in [0.1, 0.15) is 12.3 Å². The zero-order valence-corrected chi connectivity index (χ0v) is 22.5. The Morgan fingerprint density at radius 3 is 2.06 bits per heavy atom. The van der Waals surface area contributed by atoms with Crippen LogP contribution in [0.5, 0.6) is 5.75 Å². The molecule has 1 aliphatic rings. The number of thioether (sulfide) groups is 1. The van der Waals surface area contributed by atoms with Crippen molar-refractivity contribution < 1.29 is 19.5 Å². The third-order valence-corrected chi connectivity index (χ3v) is 6.92. The minimum Gasteiger partial charge on any atom is -0.507 e. The number of rotatable bonds is 4. The molecule has 6 nitrogen and oxygen atoms in total. The van der Waals surface area contributed by atoms with Crippen molar-refractivity contribution in [2.24, 2.45) is 0 Å². The zero-order chi connectivity index (χ0) is 26.3. The first kappa shape index (κ1) is 26.5. The Hall–Kier alpha value is -3.06. The molecule has 0 unspecified atom stereocenters. The lowest BCUT2D eigenvalue weighted by Gasteiger charge is -2.28. The van der Waals surface area contributed by atoms with Crippen molar-refractivity contribution in [2.45, 2.75) is 66.2 Å². The van der Waals surface area contributed by atoms with E-state index in [1.807, 2.05) is 79.7 Å². The van der Waals surface area contributed by atoms with E-state index in [0.29, 0.717) is 5.69 Å². The molecule has 0 spiro atoms. The van der Waals surface area contributed by atoms with Gasteiger partial charge in [-0.2, -0.15) is 0 Å². The molecule has 0 radical (unpaired) electrons. The predicted octanol–water partition coefficient (Wildman–Crippen LogP) is 6.28. The highest BCUT2D eigenvalue weighted by Crippen LogP contribution is 2.41. The van der Waals surface area contributed by atoms with Crippen molar-refractivity contribution in [2.75, 3.05) is 11.9 Å². The van der Waals surface area contributed by atoms with Crippen LogP contribution in [0.2, 0.25) is 0 Å². The molecular formula is C28H34N2O4S. The Morgan fingerprint density at radius 2 is 1.54 bits per heavy atom. The molecule has 1 aliphatic heterocycles. The number of carbonyl (C=O) groups is 3. The van der Waals surface area contributed by atoms with Gasteiger partial charge >= 0.3 is 0 Å². The number of hydrogen-bond donors (Lipinski definition) is 2. The van der Waals surface area contributed by atoms with Gasteiger partial charge < -0.3 is 10.4 Å². The molecule has 0 aliphatic carbocycles. The summed E-state index contributed by atoms with van der Waals surface area (Å²) in [5.41, 5.74) is 4.38. The number of amides is 3. The first-order valence-electron chi connectivity index (χ1n) is 11.6. The molecular weight excluding hydrogens is 460 g/mol. The van der Waals surface area contributed by atoms with Gasteiger partial charge in [-0.1, -0.05) is 47.6 Å². The highest BCUT2D eigenvalue weighted by atomic mass is 32.2. The number of benzene rings is 2. The first-order chi connectivity index (χ1) is 16.1. The summed E-state index contributed by atoms with van der Waals surface area (Å²) in [6, 6.07) is 9.25. The van der Waals surface area contributed by atoms with E-state index in [1.165, 1.54) is 0 Å². The molecule has 1 heterocycles. The fourth-order valence-corrected chi connectivity index (χ4v) is 4.67. The maximum Gasteiger partial charge on any atom is 0.294 e. The van der Waals surface area contributed by atoms with Crippen LogP contribution in [-0.4, -0.2) is 33.6 Å². The fourth-order valence-electron chi connectivity index (χ4n) is 3.83. The average Bonchev–Trinajstić information content (AvgIpc) is 2.97. The van der Waals surface area contributed by atoms with Crippen LogP contribution in [0.25, 0.3) is 6.08 Å². The Labute approximate surface area is 211 Å². The minimum atomic E-state index is -0.502. The number of aromatic hydroxyl groups is 1. The molecule has 2 N–H and O–H groups in total. The van der Waals surface area contributed by atoms with E-state index in [0.717, 1.165) is 44.5 Å². The second-order valence-corrected chi connectivity index (χ2v) is 12.1. The van der Waals surface area contributed by atoms with Crippen molar-refractivity contribution in [3.63, 3.8) is 0 Å². The normalized spacial score (nSPS) is 15.8. The van der Waals surface area contributed by atoms with E-state index >= 15 is 0 Å². The quantitative estimate of drug-likeness (QED) is 0.489. The maximum absolute atomic E-state index is 13.0. The van der Waals surface area contributed by atoms with E-state index in [1.54, 1.807) is 12.1 Å². The van der Waals surface area contributed by atoms with E-state index in [9.17, 15) is 19.5 Å². The summed E-state index contributed by atoms with van der Waals surface area (Å²) in [7, 11) is 0. The monoisotopic (exact) mass is 494 g/mol. The topological polar surface area (TPSA) is 86.7 Å². The summed E-state index contributed by atoms with van der Waals surface area (Å²) in [6.07, 6.45) is 1.66. The number of anilines is 1. The number of phenolic OH excluding ortho intramolecular Hbond substituents is 1. The van der Waals surface area contributed by atoms with Crippen LogP contribution in [0.4, 0.5) is 10.5 Å². The van der Waals surface area contributed by atoms with Crippen molar-refractivity contribution >= 4 is 40.6 Å². The van der Waals surface area contributed by atoms with E-state index in [-0.39, 0.29) is 28.0 Å². The van der Waals surface area contributed by atoms with Crippen LogP contribution < -0.4 is 5.32 Å². The van der Waals surface area contributed by atoms with Gasteiger partial charge in [0, 0.05) is 16.8 Å². The Kier molecular flexibility index (Phi) is 7.23. The van der Waals surface area contributed by atoms with E-state index in [4.69, 9.17) is 0 Å². The highest BCUT2D eigenvalue weighted by molar-refractivity contribution is 8.18. The average molecular weight is 495 g/mol. The lowest BCUT2D eigenvalue weighted by Crippen LogP contribution is -2.36. The van der Waals surface area contributed by atoms with E-state index < -0.39 is 17.1 Å². The molecule has 0 saturated carbocycles. The first-order valence-corrected chi connectivity index (χ1v) is 12.4. The maximum atomic E-state index is 13.0. The molecule has 186 valence electrons. The molecule has 0 bridgehead atoms. The number of nitrogens with one attached hydrogen (secondary N) is 1. The van der Waals surface area contributed by atoms with Crippen molar-refractivity contribution in [1.29, 1.82) is 0 Å². The molecule has 0 aromatic heterocycles. The Bertz CT molecular complexity index is 1200. The lowest BCUT2D eigenvalue weighted by molar-refractivity contribution is -0.127. The molecule has 7 heteroatoms. The third kappa shape index (κ3) is 5.96. The molecule has 0 atom stereocenters. The third-order valence-electron chi connectivity index (χ3n) is 6.01. The van der Waals surface area contributed by atoms with Crippen LogP contribution >= 0.6 is 11.8 Å². The highest BCUT2D eigenvalue weighted by Gasteiger charge is 2.36. The number of carbonyl (C=O) groups excluding carboxylic acids is 3. The van der Waals surface area contributed by atoms with Gasteiger partial charge in [0.2, 0.25) is 5.91 Å². The molecule has 1 fully saturated rings. The predicted molar refractivity (Wildman–Crippen MR) is 143 cm³/mol. The summed E-state index contributed by atoms with van der Waals surface area (Å²) in [5.74, 6) is -0.692. The van der Waals surface area contributed by atoms with Gasteiger partial charge in [0.25, 0.3) is 11.1 Å². The van der Waals surface area contributed by atoms with Gasteiger partial charge in [-0.05, 0) is 83.5 Å². The van der Waals surface area contributed by atoms with Crippen LogP contribution in [0.15, 0.2) is 35.2 Å². The SMILES string of the molecule is Cc1ccc(NC(=O)CN2C(=O)S/C(=C\c3cc(C(C)(C)C)c(O)c(C(C)(C)C)c3)C2=O)cc1C. The van der Waals surface area contributed by atoms with Crippen LogP contribution in [-0.2, 0) is 20.4 Å². The van der Waals surface area contributed by atoms with Crippen molar-refractivity contribution in [1.82, 2.24) is 4.90 Å². The van der Waals surface area contributed by atoms with Crippen molar-refractivity contribution in [3.05, 3.63) is 63.1 Å². The van der Waals surface area contributed by atoms with Gasteiger partial charge in [0.05, 0.1) is 4.91 Å². The van der Waals surface area contributed by atoms with Gasteiger partial charge in [0.15, 0.2) is 0 Å². The summed E-state index contributed by atoms with van der Waals surface area (Å²) >= 11 is 0.816. The molecule has 35 heavy (non-hydrogen) atoms. The largest absolute Gasteiger partial charge is 0.507 e. The number of hydrogen-bond acceptors (Lipinski definition) is 5. The standard InChI is InChI=1S/C28H34N2O4S/c1-16-9-10-19(11-17(16)2)29-23(31)15-30-25(33)22(35-26(30)34)14-18-12-20(27(3,4)5)24(32)21(13-18)28(6,7)8/h9-14,32H,15H2,1-8H3,(H,29,31)/b22-14-. The summed E-state index contributed by atoms with van der Waals surface area (Å²) in [6.45, 7) is 15.7. The molecule has 3 amide bonds. The van der Waals surface area contributed by atoms with Gasteiger partial charge in [-0.15, -0.1) is 0 Å². The van der Waals surface area contributed by atoms with Crippen LogP contribution in [0.3, 0.4) is 0 Å². The molecule has 2 aromatic rings. The molecule has 3 rings (SSSR count). The number of nitrogens with zero attached hydrogens (tertiary/aromatic N) is 1. The van der Waals surface area contributed by atoms with Gasteiger partial charge in [-0.3, -0.25) is 19.3 Å². The number of phenols is 1. The Balaban J connectivity index is 1.86. The number of imide groups is 1. The minimum absolute atomic E-state index is 0.248. The zero-order valence-electron chi connectivity index (χ0n) is 21.7. The van der Waals surface area contributed by atoms with Crippen LogP contribution in [0, 0.1) is 13.8 Å². The van der Waals surface area contributed by atoms with Gasteiger partial charge in [-0.25, -0.2) is 0 Å².